The topological polar surface area (TPSA) is 91.9 Å². The number of anilines is 2. The Morgan fingerprint density at radius 2 is 1.86 bits per heavy atom. The summed E-state index contributed by atoms with van der Waals surface area (Å²) >= 11 is 6.62. The minimum atomic E-state index is -0.202. The molecule has 2 aromatic heterocycles. The van der Waals surface area contributed by atoms with Crippen LogP contribution in [0.15, 0.2) is 47.5 Å². The number of pyridine rings is 1. The molecule has 3 N–H and O–H groups in total. The number of hydrogen-bond acceptors (Lipinski definition) is 6. The van der Waals surface area contributed by atoms with Crippen molar-refractivity contribution in [2.75, 3.05) is 18.5 Å². The summed E-state index contributed by atoms with van der Waals surface area (Å²) in [7, 11) is 0. The molecular formula is C29H32ClN5O2. The summed E-state index contributed by atoms with van der Waals surface area (Å²) in [5, 5.41) is 8.12. The van der Waals surface area contributed by atoms with Crippen LogP contribution in [0.2, 0.25) is 5.02 Å². The summed E-state index contributed by atoms with van der Waals surface area (Å²) in [5.74, 6) is 1.21. The zero-order chi connectivity index (χ0) is 25.9. The molecule has 3 heterocycles. The van der Waals surface area contributed by atoms with E-state index in [4.69, 9.17) is 16.3 Å². The Morgan fingerprint density at radius 1 is 1.05 bits per heavy atom. The number of fused-ring (bicyclic) bond motifs is 1. The number of hydrogen-bond donors (Lipinski definition) is 3. The van der Waals surface area contributed by atoms with E-state index in [9.17, 15) is 4.79 Å². The molecule has 37 heavy (non-hydrogen) atoms. The van der Waals surface area contributed by atoms with Crippen molar-refractivity contribution in [3.05, 3.63) is 74.9 Å². The lowest BCUT2D eigenvalue weighted by Gasteiger charge is -2.24. The summed E-state index contributed by atoms with van der Waals surface area (Å²) < 4.78 is 6.48. The van der Waals surface area contributed by atoms with E-state index in [1.807, 2.05) is 45.0 Å². The van der Waals surface area contributed by atoms with E-state index < -0.39 is 0 Å². The molecule has 0 amide bonds. The van der Waals surface area contributed by atoms with E-state index in [-0.39, 0.29) is 5.56 Å². The van der Waals surface area contributed by atoms with E-state index in [2.05, 4.69) is 31.7 Å². The van der Waals surface area contributed by atoms with Crippen molar-refractivity contribution in [2.24, 2.45) is 0 Å². The van der Waals surface area contributed by atoms with Crippen LogP contribution in [0.1, 0.15) is 42.5 Å². The number of nitrogens with zero attached hydrogens (tertiary/aromatic N) is 2. The summed E-state index contributed by atoms with van der Waals surface area (Å²) in [6.45, 7) is 7.52. The third-order valence-corrected chi connectivity index (χ3v) is 7.07. The van der Waals surface area contributed by atoms with Crippen LogP contribution in [-0.4, -0.2) is 34.1 Å². The second kappa shape index (κ2) is 10.9. The van der Waals surface area contributed by atoms with Crippen LogP contribution in [-0.2, 0) is 0 Å². The quantitative estimate of drug-likeness (QED) is 0.269. The summed E-state index contributed by atoms with van der Waals surface area (Å²) in [5.41, 5.74) is 5.48. The van der Waals surface area contributed by atoms with Crippen LogP contribution >= 0.6 is 11.6 Å². The first-order chi connectivity index (χ1) is 17.9. The molecule has 4 aromatic rings. The molecule has 1 saturated heterocycles. The van der Waals surface area contributed by atoms with Gasteiger partial charge < -0.3 is 20.4 Å². The van der Waals surface area contributed by atoms with Crippen molar-refractivity contribution in [2.45, 2.75) is 52.5 Å². The maximum absolute atomic E-state index is 13.4. The van der Waals surface area contributed by atoms with Crippen LogP contribution in [0.25, 0.3) is 22.0 Å². The number of nitrogens with one attached hydrogen (secondary N) is 3. The molecule has 1 aliphatic rings. The molecule has 1 aliphatic heterocycles. The fourth-order valence-corrected chi connectivity index (χ4v) is 5.26. The molecule has 0 bridgehead atoms. The number of halogens is 1. The van der Waals surface area contributed by atoms with Gasteiger partial charge >= 0.3 is 0 Å². The van der Waals surface area contributed by atoms with Gasteiger partial charge in [-0.1, -0.05) is 47.3 Å². The highest BCUT2D eigenvalue weighted by Crippen LogP contribution is 2.38. The van der Waals surface area contributed by atoms with Gasteiger partial charge in [0, 0.05) is 23.2 Å². The number of rotatable bonds is 7. The number of benzene rings is 2. The normalized spacial score (nSPS) is 15.6. The van der Waals surface area contributed by atoms with Crippen LogP contribution in [0.4, 0.5) is 11.5 Å². The van der Waals surface area contributed by atoms with Crippen molar-refractivity contribution >= 4 is 34.0 Å². The van der Waals surface area contributed by atoms with Crippen molar-refractivity contribution in [3.8, 4) is 16.9 Å². The van der Waals surface area contributed by atoms with Crippen molar-refractivity contribution in [1.29, 1.82) is 0 Å². The van der Waals surface area contributed by atoms with Gasteiger partial charge in [-0.25, -0.2) is 9.97 Å². The van der Waals surface area contributed by atoms with Gasteiger partial charge in [0.15, 0.2) is 0 Å². The third kappa shape index (κ3) is 5.78. The lowest BCUT2D eigenvalue weighted by atomic mass is 9.99. The molecule has 0 radical (unpaired) electrons. The fraction of sp³-hybridized carbons (Fsp3) is 0.345. The first-order valence-electron chi connectivity index (χ1n) is 12.8. The van der Waals surface area contributed by atoms with Gasteiger partial charge in [0.1, 0.15) is 17.9 Å². The molecule has 5 rings (SSSR count). The Balaban J connectivity index is 1.61. The van der Waals surface area contributed by atoms with Crippen LogP contribution in [0.3, 0.4) is 0 Å². The molecule has 2 aromatic carbocycles. The maximum atomic E-state index is 13.4. The minimum Gasteiger partial charge on any atom is -0.492 e. The molecule has 0 aliphatic carbocycles. The van der Waals surface area contributed by atoms with Gasteiger partial charge in [0.25, 0.3) is 5.56 Å². The Labute approximate surface area is 221 Å². The number of H-pyrrole nitrogens is 1. The predicted octanol–water partition coefficient (Wildman–Crippen LogP) is 6.22. The van der Waals surface area contributed by atoms with E-state index in [1.165, 1.54) is 19.2 Å². The average Bonchev–Trinajstić information content (AvgIpc) is 2.85. The molecule has 8 heteroatoms. The molecule has 0 spiro atoms. The first kappa shape index (κ1) is 25.2. The van der Waals surface area contributed by atoms with Crippen LogP contribution in [0.5, 0.6) is 5.75 Å². The highest BCUT2D eigenvalue weighted by Gasteiger charge is 2.20. The standard InChI is InChI=1S/C29H32ClN5O2/c1-17-10-18(2)12-20(11-17)27-28(37-9-7-21-6-4-5-8-31-21)22-14-25(23(30)15-24(22)35-29(27)36)34-26-13-19(3)32-16-33-26/h10-16,21,31H,4-9H2,1-3H3,(H,35,36)(H,32,33,34)/t21-/m0/s1. The van der Waals surface area contributed by atoms with Crippen LogP contribution in [0, 0.1) is 20.8 Å². The van der Waals surface area contributed by atoms with E-state index >= 15 is 0 Å². The fourth-order valence-electron chi connectivity index (χ4n) is 5.05. The van der Waals surface area contributed by atoms with Gasteiger partial charge in [-0.2, -0.15) is 0 Å². The summed E-state index contributed by atoms with van der Waals surface area (Å²) in [6.07, 6.45) is 5.98. The molecule has 0 saturated carbocycles. The number of aromatic nitrogens is 3. The van der Waals surface area contributed by atoms with Crippen molar-refractivity contribution in [3.63, 3.8) is 0 Å². The SMILES string of the molecule is Cc1cc(C)cc(-c2c(OCC[C@@H]3CCCCN3)c3cc(Nc4cc(C)ncn4)c(Cl)cc3[nH]c2=O)c1. The molecule has 192 valence electrons. The van der Waals surface area contributed by atoms with Gasteiger partial charge in [-0.3, -0.25) is 4.79 Å². The molecular weight excluding hydrogens is 486 g/mol. The third-order valence-electron chi connectivity index (χ3n) is 6.76. The molecule has 1 fully saturated rings. The molecule has 1 atom stereocenters. The lowest BCUT2D eigenvalue weighted by molar-refractivity contribution is 0.271. The predicted molar refractivity (Wildman–Crippen MR) is 150 cm³/mol. The van der Waals surface area contributed by atoms with Gasteiger partial charge in [0.2, 0.25) is 0 Å². The van der Waals surface area contributed by atoms with Crippen LogP contribution < -0.4 is 20.9 Å². The van der Waals surface area contributed by atoms with E-state index in [0.29, 0.717) is 46.0 Å². The van der Waals surface area contributed by atoms with Gasteiger partial charge in [-0.05, 0) is 64.3 Å². The minimum absolute atomic E-state index is 0.202. The average molecular weight is 518 g/mol. The molecule has 0 unspecified atom stereocenters. The van der Waals surface area contributed by atoms with Crippen molar-refractivity contribution < 1.29 is 4.74 Å². The van der Waals surface area contributed by atoms with Crippen molar-refractivity contribution in [1.82, 2.24) is 20.3 Å². The first-order valence-corrected chi connectivity index (χ1v) is 13.2. The Morgan fingerprint density at radius 3 is 2.59 bits per heavy atom. The summed E-state index contributed by atoms with van der Waals surface area (Å²) in [6, 6.07) is 12.1. The van der Waals surface area contributed by atoms with E-state index in [1.54, 1.807) is 6.07 Å². The van der Waals surface area contributed by atoms with E-state index in [0.717, 1.165) is 47.2 Å². The largest absolute Gasteiger partial charge is 0.492 e. The lowest BCUT2D eigenvalue weighted by Crippen LogP contribution is -2.35. The summed E-state index contributed by atoms with van der Waals surface area (Å²) in [4.78, 5) is 24.9. The second-order valence-corrected chi connectivity index (χ2v) is 10.3. The zero-order valence-electron chi connectivity index (χ0n) is 21.5. The van der Waals surface area contributed by atoms with Gasteiger partial charge in [0.05, 0.1) is 28.4 Å². The Bertz CT molecular complexity index is 1470. The number of piperidine rings is 1. The molecule has 7 nitrogen and oxygen atoms in total. The van der Waals surface area contributed by atoms with Gasteiger partial charge in [-0.15, -0.1) is 0 Å². The monoisotopic (exact) mass is 517 g/mol. The highest BCUT2D eigenvalue weighted by atomic mass is 35.5. The smallest absolute Gasteiger partial charge is 0.260 e. The zero-order valence-corrected chi connectivity index (χ0v) is 22.2. The highest BCUT2D eigenvalue weighted by molar-refractivity contribution is 6.34. The number of aryl methyl sites for hydroxylation is 3. The number of aromatic amines is 1. The Kier molecular flexibility index (Phi) is 7.44. The number of ether oxygens (including phenoxy) is 1. The second-order valence-electron chi connectivity index (χ2n) is 9.87. The maximum Gasteiger partial charge on any atom is 0.260 e. The Hall–Kier alpha value is -3.42.